The van der Waals surface area contributed by atoms with E-state index in [1.807, 2.05) is 18.2 Å². The molecule has 1 N–H and O–H groups in total. The minimum absolute atomic E-state index is 0.00432. The molecule has 0 spiro atoms. The van der Waals surface area contributed by atoms with Gasteiger partial charge in [0, 0.05) is 29.5 Å². The highest BCUT2D eigenvalue weighted by Gasteiger charge is 2.10. The van der Waals surface area contributed by atoms with Crippen LogP contribution >= 0.6 is 23.1 Å². The van der Waals surface area contributed by atoms with Crippen LogP contribution in [0, 0.1) is 0 Å². The normalized spacial score (nSPS) is 10.8. The van der Waals surface area contributed by atoms with Crippen molar-refractivity contribution in [1.82, 2.24) is 15.3 Å². The fraction of sp³-hybridized carbons (Fsp3) is 0.188. The number of carbonyl (C=O) groups is 1. The Morgan fingerprint density at radius 2 is 2.09 bits per heavy atom. The Kier molecular flexibility index (Phi) is 4.70. The van der Waals surface area contributed by atoms with Gasteiger partial charge in [-0.3, -0.25) is 4.79 Å². The van der Waals surface area contributed by atoms with Crippen LogP contribution in [0.3, 0.4) is 0 Å². The van der Waals surface area contributed by atoms with Gasteiger partial charge in [-0.2, -0.15) is 0 Å². The van der Waals surface area contributed by atoms with E-state index in [9.17, 15) is 4.79 Å². The van der Waals surface area contributed by atoms with Gasteiger partial charge in [0.2, 0.25) is 5.91 Å². The lowest BCUT2D eigenvalue weighted by molar-refractivity contribution is -0.118. The molecule has 1 amide bonds. The summed E-state index contributed by atoms with van der Waals surface area (Å²) in [6, 6.07) is 12.4. The summed E-state index contributed by atoms with van der Waals surface area (Å²) < 4.78 is 0. The summed E-state index contributed by atoms with van der Waals surface area (Å²) in [4.78, 5) is 21.8. The Hall–Kier alpha value is -1.92. The van der Waals surface area contributed by atoms with Crippen LogP contribution in [0.4, 0.5) is 0 Å². The molecule has 0 saturated heterocycles. The van der Waals surface area contributed by atoms with Crippen molar-refractivity contribution in [3.05, 3.63) is 42.7 Å². The standard InChI is InChI=1S/C16H15N3OS2/c1-11(20)17-7-8-21-15-13-9-14(12-5-3-2-4-6-12)22-16(13)19-10-18-15/h2-6,9-10H,7-8H2,1H3,(H,17,20). The molecule has 0 unspecified atom stereocenters. The molecule has 2 heterocycles. The third-order valence-corrected chi connectivity index (χ3v) is 5.17. The molecule has 0 aliphatic carbocycles. The zero-order valence-corrected chi connectivity index (χ0v) is 13.7. The Morgan fingerprint density at radius 1 is 1.27 bits per heavy atom. The van der Waals surface area contributed by atoms with Crippen LogP contribution in [0.2, 0.25) is 0 Å². The van der Waals surface area contributed by atoms with E-state index in [1.165, 1.54) is 17.4 Å². The number of nitrogens with zero attached hydrogens (tertiary/aromatic N) is 2. The van der Waals surface area contributed by atoms with Crippen molar-refractivity contribution in [3.8, 4) is 10.4 Å². The summed E-state index contributed by atoms with van der Waals surface area (Å²) in [5, 5.41) is 4.84. The summed E-state index contributed by atoms with van der Waals surface area (Å²) in [6.45, 7) is 2.17. The van der Waals surface area contributed by atoms with Crippen molar-refractivity contribution in [2.75, 3.05) is 12.3 Å². The van der Waals surface area contributed by atoms with Crippen molar-refractivity contribution in [2.45, 2.75) is 11.9 Å². The lowest BCUT2D eigenvalue weighted by Gasteiger charge is -2.02. The number of hydrogen-bond acceptors (Lipinski definition) is 5. The SMILES string of the molecule is CC(=O)NCCSc1ncnc2sc(-c3ccccc3)cc12. The largest absolute Gasteiger partial charge is 0.356 e. The van der Waals surface area contributed by atoms with E-state index in [4.69, 9.17) is 0 Å². The van der Waals surface area contributed by atoms with Gasteiger partial charge >= 0.3 is 0 Å². The summed E-state index contributed by atoms with van der Waals surface area (Å²) in [6.07, 6.45) is 1.61. The van der Waals surface area contributed by atoms with Crippen molar-refractivity contribution >= 4 is 39.2 Å². The van der Waals surface area contributed by atoms with Gasteiger partial charge in [-0.05, 0) is 11.6 Å². The van der Waals surface area contributed by atoms with Gasteiger partial charge in [0.25, 0.3) is 0 Å². The van der Waals surface area contributed by atoms with E-state index in [0.29, 0.717) is 6.54 Å². The van der Waals surface area contributed by atoms with Crippen molar-refractivity contribution < 1.29 is 4.79 Å². The molecule has 6 heteroatoms. The van der Waals surface area contributed by atoms with Crippen LogP contribution in [0.1, 0.15) is 6.92 Å². The Balaban J connectivity index is 1.83. The van der Waals surface area contributed by atoms with Crippen LogP contribution in [-0.2, 0) is 4.79 Å². The molecule has 22 heavy (non-hydrogen) atoms. The first-order valence-corrected chi connectivity index (χ1v) is 8.71. The van der Waals surface area contributed by atoms with E-state index in [1.54, 1.807) is 29.4 Å². The van der Waals surface area contributed by atoms with Crippen molar-refractivity contribution in [3.63, 3.8) is 0 Å². The van der Waals surface area contributed by atoms with Crippen LogP contribution in [0.25, 0.3) is 20.7 Å². The average molecular weight is 329 g/mol. The second-order valence-corrected chi connectivity index (χ2v) is 6.82. The summed E-state index contributed by atoms with van der Waals surface area (Å²) in [7, 11) is 0. The molecule has 112 valence electrons. The summed E-state index contributed by atoms with van der Waals surface area (Å²) in [5.41, 5.74) is 1.19. The van der Waals surface area contributed by atoms with Crippen LogP contribution in [0.15, 0.2) is 47.8 Å². The number of thioether (sulfide) groups is 1. The van der Waals surface area contributed by atoms with Gasteiger partial charge in [0.05, 0.1) is 0 Å². The molecule has 3 aromatic rings. The molecule has 0 fully saturated rings. The average Bonchev–Trinajstić information content (AvgIpc) is 2.97. The van der Waals surface area contributed by atoms with Crippen molar-refractivity contribution in [2.24, 2.45) is 0 Å². The van der Waals surface area contributed by atoms with Crippen molar-refractivity contribution in [1.29, 1.82) is 0 Å². The first-order chi connectivity index (χ1) is 10.7. The fourth-order valence-electron chi connectivity index (χ4n) is 2.07. The quantitative estimate of drug-likeness (QED) is 0.441. The van der Waals surface area contributed by atoms with Gasteiger partial charge in [-0.25, -0.2) is 9.97 Å². The van der Waals surface area contributed by atoms with Crippen LogP contribution in [0.5, 0.6) is 0 Å². The lowest BCUT2D eigenvalue weighted by atomic mass is 10.2. The minimum atomic E-state index is -0.00432. The smallest absolute Gasteiger partial charge is 0.216 e. The molecule has 1 aromatic carbocycles. The molecule has 0 radical (unpaired) electrons. The van der Waals surface area contributed by atoms with Gasteiger partial charge < -0.3 is 5.32 Å². The Morgan fingerprint density at radius 3 is 2.86 bits per heavy atom. The molecule has 4 nitrogen and oxygen atoms in total. The first kappa shape index (κ1) is 15.0. The van der Waals surface area contributed by atoms with E-state index < -0.39 is 0 Å². The minimum Gasteiger partial charge on any atom is -0.356 e. The highest BCUT2D eigenvalue weighted by Crippen LogP contribution is 2.35. The molecule has 0 bridgehead atoms. The van der Waals surface area contributed by atoms with Gasteiger partial charge in [-0.15, -0.1) is 23.1 Å². The number of nitrogens with one attached hydrogen (secondary N) is 1. The highest BCUT2D eigenvalue weighted by molar-refractivity contribution is 7.99. The van der Waals surface area contributed by atoms with Gasteiger partial charge in [0.15, 0.2) is 0 Å². The Labute approximate surface area is 137 Å². The maximum atomic E-state index is 10.9. The van der Waals surface area contributed by atoms with E-state index in [2.05, 4.69) is 33.5 Å². The fourth-order valence-corrected chi connectivity index (χ4v) is 3.97. The third-order valence-electron chi connectivity index (χ3n) is 3.07. The predicted octanol–water partition coefficient (Wildman–Crippen LogP) is 3.59. The lowest BCUT2D eigenvalue weighted by Crippen LogP contribution is -2.22. The molecular formula is C16H15N3OS2. The molecular weight excluding hydrogens is 314 g/mol. The highest BCUT2D eigenvalue weighted by atomic mass is 32.2. The van der Waals surface area contributed by atoms with Gasteiger partial charge in [-0.1, -0.05) is 30.3 Å². The number of benzene rings is 1. The summed E-state index contributed by atoms with van der Waals surface area (Å²) >= 11 is 3.32. The molecule has 0 atom stereocenters. The molecule has 2 aromatic heterocycles. The number of hydrogen-bond donors (Lipinski definition) is 1. The monoisotopic (exact) mass is 329 g/mol. The molecule has 0 aliphatic rings. The molecule has 0 aliphatic heterocycles. The topological polar surface area (TPSA) is 54.9 Å². The van der Waals surface area contributed by atoms with Crippen LogP contribution in [-0.4, -0.2) is 28.2 Å². The number of rotatable bonds is 5. The molecule has 0 saturated carbocycles. The zero-order chi connectivity index (χ0) is 15.4. The second kappa shape index (κ2) is 6.89. The first-order valence-electron chi connectivity index (χ1n) is 6.91. The third kappa shape index (κ3) is 3.45. The maximum Gasteiger partial charge on any atom is 0.216 e. The number of carbonyl (C=O) groups excluding carboxylic acids is 1. The number of fused-ring (bicyclic) bond motifs is 1. The number of aromatic nitrogens is 2. The van der Waals surface area contributed by atoms with E-state index in [0.717, 1.165) is 21.0 Å². The number of thiophene rings is 1. The van der Waals surface area contributed by atoms with Crippen LogP contribution < -0.4 is 5.32 Å². The Bertz CT molecular complexity index is 786. The second-order valence-electron chi connectivity index (χ2n) is 4.71. The summed E-state index contributed by atoms with van der Waals surface area (Å²) in [5.74, 6) is 0.790. The maximum absolute atomic E-state index is 10.9. The van der Waals surface area contributed by atoms with E-state index >= 15 is 0 Å². The predicted molar refractivity (Wildman–Crippen MR) is 92.3 cm³/mol. The zero-order valence-electron chi connectivity index (χ0n) is 12.1. The molecule has 3 rings (SSSR count). The van der Waals surface area contributed by atoms with Gasteiger partial charge in [0.1, 0.15) is 16.2 Å². The van der Waals surface area contributed by atoms with E-state index in [-0.39, 0.29) is 5.91 Å². The number of amides is 1.